The molecule has 0 spiro atoms. The topological polar surface area (TPSA) is 164 Å². The molecule has 1 saturated carbocycles. The summed E-state index contributed by atoms with van der Waals surface area (Å²) in [5.74, 6) is 8.43. The van der Waals surface area contributed by atoms with E-state index >= 15 is 0 Å². The standard InChI is InChI=1S/C50H63N3O6S2/c1-31(23-32-7-3-2-4-8-32)50-18-5-9-34(16-20-50)48(58)46-33(15-19-50)11-12-35(25-43(46)56)36-13-14-42(55)44(26-36)59-45-27-37(24-39-10-6-21-52-39)40-17-22-53-49(51)41(40)30-61-60-29-38(28-54)47(45)57/h2-4,6-8,10-14,17,21,26,31,33-35,37-38,43,45-48,52-58H,5,9,16,18,20,22-25,27-30,51H2,1H3/t31-,33+,34+,35+,37+,38+,43-,45-,46+,47-,48+,50-/m1/s1. The van der Waals surface area contributed by atoms with Gasteiger partial charge in [-0.1, -0.05) is 101 Å². The molecule has 2 fully saturated rings. The number of benzene rings is 2. The molecule has 9 nitrogen and oxygen atoms in total. The van der Waals surface area contributed by atoms with Gasteiger partial charge in [-0.15, -0.1) is 0 Å². The minimum Gasteiger partial charge on any atom is -0.504 e. The Bertz CT molecular complexity index is 2100. The van der Waals surface area contributed by atoms with Crippen LogP contribution in [0.4, 0.5) is 0 Å². The van der Waals surface area contributed by atoms with E-state index in [-0.39, 0.29) is 47.2 Å². The van der Waals surface area contributed by atoms with Crippen molar-refractivity contribution in [3.05, 3.63) is 119 Å². The van der Waals surface area contributed by atoms with Gasteiger partial charge in [0.25, 0.3) is 0 Å². The number of nitrogens with two attached hydrogens (primary N) is 1. The third-order valence-corrected chi connectivity index (χ3v) is 16.9. The maximum absolute atomic E-state index is 12.1. The molecule has 9 N–H and O–H groups in total. The first-order valence-corrected chi connectivity index (χ1v) is 24.8. The van der Waals surface area contributed by atoms with E-state index in [4.69, 9.17) is 10.5 Å². The molecule has 5 aliphatic rings. The molecule has 1 saturated heterocycles. The lowest BCUT2D eigenvalue weighted by atomic mass is 9.69. The normalized spacial score (nSPS) is 33.6. The van der Waals surface area contributed by atoms with Crippen LogP contribution in [0.25, 0.3) is 0 Å². The molecular formula is C50H63N3O6S2. The van der Waals surface area contributed by atoms with Crippen LogP contribution in [-0.2, 0) is 12.8 Å². The first kappa shape index (κ1) is 43.9. The predicted molar refractivity (Wildman–Crippen MR) is 246 cm³/mol. The minimum atomic E-state index is -1.03. The van der Waals surface area contributed by atoms with E-state index in [1.165, 1.54) is 5.56 Å². The van der Waals surface area contributed by atoms with Crippen LogP contribution in [0, 0.1) is 52.8 Å². The molecule has 12 atom stereocenters. The summed E-state index contributed by atoms with van der Waals surface area (Å²) in [6, 6.07) is 20.0. The van der Waals surface area contributed by atoms with Gasteiger partial charge in [0.1, 0.15) is 11.9 Å². The number of fused-ring (bicyclic) bond motifs is 5. The number of aromatic nitrogens is 1. The van der Waals surface area contributed by atoms with Gasteiger partial charge in [0.05, 0.1) is 18.3 Å². The quantitative estimate of drug-likeness (QED) is 0.0625. The summed E-state index contributed by atoms with van der Waals surface area (Å²) in [6.45, 7) is 2.72. The van der Waals surface area contributed by atoms with Gasteiger partial charge in [-0.25, -0.2) is 0 Å². The maximum Gasteiger partial charge on any atom is 0.161 e. The molecule has 0 radical (unpaired) electrons. The number of aromatic hydroxyl groups is 1. The summed E-state index contributed by atoms with van der Waals surface area (Å²) in [5.41, 5.74) is 11.8. The molecule has 8 rings (SSSR count). The molecule has 1 aromatic heterocycles. The fourth-order valence-electron chi connectivity index (χ4n) is 10.8. The number of allylic oxidation sites excluding steroid dienone is 3. The zero-order chi connectivity index (χ0) is 42.5. The molecule has 11 heteroatoms. The van der Waals surface area contributed by atoms with E-state index in [9.17, 15) is 25.5 Å². The average molecular weight is 866 g/mol. The summed E-state index contributed by atoms with van der Waals surface area (Å²) < 4.78 is 6.75. The van der Waals surface area contributed by atoms with Crippen molar-refractivity contribution in [1.82, 2.24) is 10.3 Å². The molecule has 3 aromatic rings. The third-order valence-electron chi connectivity index (χ3n) is 14.5. The van der Waals surface area contributed by atoms with E-state index in [1.807, 2.05) is 24.4 Å². The van der Waals surface area contributed by atoms with Crippen molar-refractivity contribution in [2.24, 2.45) is 46.7 Å². The van der Waals surface area contributed by atoms with Gasteiger partial charge in [0.15, 0.2) is 11.5 Å². The van der Waals surface area contributed by atoms with E-state index in [0.717, 1.165) is 60.9 Å². The highest BCUT2D eigenvalue weighted by Gasteiger charge is 2.45. The number of nitrogens with one attached hydrogen (secondary N) is 2. The Morgan fingerprint density at radius 1 is 0.984 bits per heavy atom. The lowest BCUT2D eigenvalue weighted by molar-refractivity contribution is -0.0345. The van der Waals surface area contributed by atoms with Gasteiger partial charge in [-0.3, -0.25) is 0 Å². The predicted octanol–water partition coefficient (Wildman–Crippen LogP) is 7.24. The molecule has 0 unspecified atom stereocenters. The molecule has 3 heterocycles. The zero-order valence-corrected chi connectivity index (χ0v) is 36.8. The van der Waals surface area contributed by atoms with Crippen LogP contribution < -0.4 is 15.8 Å². The van der Waals surface area contributed by atoms with Crippen molar-refractivity contribution in [1.29, 1.82) is 0 Å². The molecule has 3 aliphatic carbocycles. The highest BCUT2D eigenvalue weighted by molar-refractivity contribution is 8.76. The number of H-pyrrole nitrogens is 1. The van der Waals surface area contributed by atoms with Crippen LogP contribution in [0.5, 0.6) is 11.5 Å². The summed E-state index contributed by atoms with van der Waals surface area (Å²) in [7, 11) is 3.26. The summed E-state index contributed by atoms with van der Waals surface area (Å²) in [6.07, 6.45) is 12.2. The highest BCUT2D eigenvalue weighted by atomic mass is 33.1. The lowest BCUT2D eigenvalue weighted by Gasteiger charge is -2.34. The second kappa shape index (κ2) is 19.7. The van der Waals surface area contributed by atoms with E-state index in [2.05, 4.69) is 83.7 Å². The van der Waals surface area contributed by atoms with Crippen molar-refractivity contribution in [2.45, 2.75) is 95.0 Å². The van der Waals surface area contributed by atoms with Crippen molar-refractivity contribution < 1.29 is 30.3 Å². The van der Waals surface area contributed by atoms with Crippen molar-refractivity contribution in [3.8, 4) is 23.3 Å². The smallest absolute Gasteiger partial charge is 0.161 e. The first-order chi connectivity index (χ1) is 29.6. The summed E-state index contributed by atoms with van der Waals surface area (Å²) in [5, 5.41) is 61.4. The fraction of sp³-hybridized carbons (Fsp3) is 0.520. The Kier molecular flexibility index (Phi) is 14.2. The summed E-state index contributed by atoms with van der Waals surface area (Å²) in [4.78, 5) is 3.35. The third kappa shape index (κ3) is 9.91. The number of aliphatic hydroxyl groups is 4. The first-order valence-electron chi connectivity index (χ1n) is 22.3. The van der Waals surface area contributed by atoms with E-state index in [1.54, 1.807) is 27.7 Å². The number of hydrogen-bond acceptors (Lipinski definition) is 10. The zero-order valence-electron chi connectivity index (χ0n) is 35.2. The van der Waals surface area contributed by atoms with Crippen molar-refractivity contribution >= 4 is 21.6 Å². The molecule has 0 amide bonds. The number of aromatic amines is 1. The van der Waals surface area contributed by atoms with Gasteiger partial charge in [0.2, 0.25) is 0 Å². The molecule has 61 heavy (non-hydrogen) atoms. The largest absolute Gasteiger partial charge is 0.504 e. The molecule has 2 bridgehead atoms. The van der Waals surface area contributed by atoms with Gasteiger partial charge >= 0.3 is 0 Å². The second-order valence-electron chi connectivity index (χ2n) is 18.2. The SMILES string of the molecule is C[C@H](Cc1ccccc1)[C@@]12C#C[C@@H]3C=C[C@H](c4ccc(O)c(O[C@@H]5C[C@H](Cc6ccc[nH]6)C6=CCNC(N)=C6CSSC[C@H](CO)[C@H]5O)c4)C[C@@H](O)[C@H]3[C@@H](O)[C@@H](CCC1)CC2. The van der Waals surface area contributed by atoms with Crippen LogP contribution in [0.3, 0.4) is 0 Å². The van der Waals surface area contributed by atoms with Gasteiger partial charge < -0.3 is 46.3 Å². The van der Waals surface area contributed by atoms with Gasteiger partial charge in [0, 0.05) is 71.2 Å². The second-order valence-corrected chi connectivity index (χ2v) is 20.7. The Morgan fingerprint density at radius 3 is 2.64 bits per heavy atom. The monoisotopic (exact) mass is 865 g/mol. The Balaban J connectivity index is 1.09. The number of aliphatic hydroxyl groups excluding tert-OH is 4. The van der Waals surface area contributed by atoms with E-state index in [0.29, 0.717) is 49.1 Å². The molecule has 2 aromatic carbocycles. The Hall–Kier alpha value is -3.76. The maximum atomic E-state index is 12.1. The van der Waals surface area contributed by atoms with Gasteiger partial charge in [-0.2, -0.15) is 0 Å². The molecule has 2 aliphatic heterocycles. The van der Waals surface area contributed by atoms with Crippen LogP contribution in [0.1, 0.15) is 74.6 Å². The van der Waals surface area contributed by atoms with Crippen molar-refractivity contribution in [2.75, 3.05) is 24.7 Å². The Morgan fingerprint density at radius 2 is 1.84 bits per heavy atom. The number of rotatable bonds is 9. The Labute approximate surface area is 369 Å². The number of ether oxygens (including phenoxy) is 1. The highest BCUT2D eigenvalue weighted by Crippen LogP contribution is 2.48. The fourth-order valence-corrected chi connectivity index (χ4v) is 13.3. The number of phenols is 1. The van der Waals surface area contributed by atoms with Gasteiger partial charge in [-0.05, 0) is 110 Å². The van der Waals surface area contributed by atoms with E-state index < -0.39 is 36.3 Å². The average Bonchev–Trinajstić information content (AvgIpc) is 3.61. The van der Waals surface area contributed by atoms with Crippen LogP contribution in [0.2, 0.25) is 0 Å². The van der Waals surface area contributed by atoms with Crippen LogP contribution >= 0.6 is 21.6 Å². The number of hydrogen-bond donors (Lipinski definition) is 8. The van der Waals surface area contributed by atoms with Crippen molar-refractivity contribution in [3.63, 3.8) is 0 Å². The minimum absolute atomic E-state index is 0.0536. The number of phenolic OH excluding ortho intramolecular Hbond substituents is 1. The number of dihydropyridines is 1. The summed E-state index contributed by atoms with van der Waals surface area (Å²) >= 11 is 0. The molecule has 326 valence electrons. The molecular weight excluding hydrogens is 803 g/mol. The van der Waals surface area contributed by atoms with Crippen LogP contribution in [0.15, 0.2) is 102 Å². The van der Waals surface area contributed by atoms with Crippen LogP contribution in [-0.4, -0.2) is 79.6 Å². The lowest BCUT2D eigenvalue weighted by Crippen LogP contribution is -2.42.